The van der Waals surface area contributed by atoms with Gasteiger partial charge < -0.3 is 24.1 Å². The third-order valence-corrected chi connectivity index (χ3v) is 6.07. The van der Waals surface area contributed by atoms with Crippen molar-refractivity contribution in [3.63, 3.8) is 0 Å². The summed E-state index contributed by atoms with van der Waals surface area (Å²) in [7, 11) is 0. The van der Waals surface area contributed by atoms with Crippen molar-refractivity contribution in [1.29, 1.82) is 0 Å². The Morgan fingerprint density at radius 3 is 2.68 bits per heavy atom. The number of nitrogens with zero attached hydrogens (tertiary/aromatic N) is 1. The van der Waals surface area contributed by atoms with E-state index in [-0.39, 0.29) is 12.4 Å². The number of hydrogen-bond donors (Lipinski definition) is 1. The molecule has 0 atom stereocenters. The molecule has 3 aromatic rings. The lowest BCUT2D eigenvalue weighted by Crippen LogP contribution is -2.36. The van der Waals surface area contributed by atoms with Crippen LogP contribution in [0.2, 0.25) is 0 Å². The lowest BCUT2D eigenvalue weighted by atomic mass is 10.0. The van der Waals surface area contributed by atoms with Gasteiger partial charge >= 0.3 is 12.1 Å². The third kappa shape index (κ3) is 4.13. The van der Waals surface area contributed by atoms with Crippen molar-refractivity contribution < 1.29 is 28.3 Å². The molecular formula is C22H22N2O6S. The van der Waals surface area contributed by atoms with E-state index in [9.17, 15) is 14.4 Å². The number of ether oxygens (including phenoxy) is 2. The van der Waals surface area contributed by atoms with Crippen LogP contribution in [0.25, 0.3) is 11.0 Å². The number of benzene rings is 1. The van der Waals surface area contributed by atoms with Crippen LogP contribution in [0, 0.1) is 0 Å². The number of hydrogen-bond acceptors (Lipinski definition) is 7. The van der Waals surface area contributed by atoms with Crippen LogP contribution in [0.3, 0.4) is 0 Å². The standard InChI is InChI=1S/C22H22N2O6S/c1-3-28-21(26)18-14-9-10-24(22(27)29-4-2)12-17(14)31-20(18)23-19(25)16-11-13-7-5-6-8-15(13)30-16/h5-8,11H,3-4,9-10,12H2,1-2H3,(H,23,25). The van der Waals surface area contributed by atoms with Crippen molar-refractivity contribution >= 4 is 45.3 Å². The Labute approximate surface area is 182 Å². The highest BCUT2D eigenvalue weighted by molar-refractivity contribution is 7.17. The number of fused-ring (bicyclic) bond motifs is 2. The Balaban J connectivity index is 1.64. The molecule has 4 rings (SSSR count). The van der Waals surface area contributed by atoms with E-state index in [4.69, 9.17) is 13.9 Å². The zero-order valence-corrected chi connectivity index (χ0v) is 18.0. The third-order valence-electron chi connectivity index (χ3n) is 4.94. The van der Waals surface area contributed by atoms with Crippen LogP contribution in [0.4, 0.5) is 9.80 Å². The van der Waals surface area contributed by atoms with Gasteiger partial charge in [-0.2, -0.15) is 0 Å². The maximum Gasteiger partial charge on any atom is 0.410 e. The summed E-state index contributed by atoms with van der Waals surface area (Å²) in [4.78, 5) is 40.1. The molecule has 0 unspecified atom stereocenters. The molecule has 0 radical (unpaired) electrons. The Kier molecular flexibility index (Phi) is 5.94. The van der Waals surface area contributed by atoms with E-state index in [0.29, 0.717) is 42.3 Å². The van der Waals surface area contributed by atoms with Gasteiger partial charge in [0.05, 0.1) is 25.3 Å². The Morgan fingerprint density at radius 1 is 1.16 bits per heavy atom. The Morgan fingerprint density at radius 2 is 1.94 bits per heavy atom. The first-order chi connectivity index (χ1) is 15.0. The average Bonchev–Trinajstić information content (AvgIpc) is 3.34. The molecule has 8 nitrogen and oxygen atoms in total. The fraction of sp³-hybridized carbons (Fsp3) is 0.318. The number of rotatable bonds is 5. The lowest BCUT2D eigenvalue weighted by Gasteiger charge is -2.26. The van der Waals surface area contributed by atoms with Gasteiger partial charge in [0.1, 0.15) is 10.6 Å². The summed E-state index contributed by atoms with van der Waals surface area (Å²) in [5.41, 5.74) is 1.74. The van der Waals surface area contributed by atoms with Crippen molar-refractivity contribution in [3.8, 4) is 0 Å². The smallest absolute Gasteiger partial charge is 0.410 e. The number of esters is 1. The Bertz CT molecular complexity index is 1120. The van der Waals surface area contributed by atoms with E-state index < -0.39 is 18.0 Å². The zero-order valence-electron chi connectivity index (χ0n) is 17.2. The van der Waals surface area contributed by atoms with E-state index in [1.807, 2.05) is 18.2 Å². The minimum Gasteiger partial charge on any atom is -0.462 e. The molecule has 0 fully saturated rings. The molecule has 1 N–H and O–H groups in total. The minimum absolute atomic E-state index is 0.149. The number of carbonyl (C=O) groups excluding carboxylic acids is 3. The van der Waals surface area contributed by atoms with E-state index in [2.05, 4.69) is 5.32 Å². The van der Waals surface area contributed by atoms with Gasteiger partial charge in [0.2, 0.25) is 0 Å². The van der Waals surface area contributed by atoms with Crippen molar-refractivity contribution in [2.24, 2.45) is 0 Å². The van der Waals surface area contributed by atoms with E-state index in [0.717, 1.165) is 15.8 Å². The number of furan rings is 1. The summed E-state index contributed by atoms with van der Waals surface area (Å²) in [6, 6.07) is 8.98. The molecule has 2 amide bonds. The van der Waals surface area contributed by atoms with E-state index in [1.54, 1.807) is 30.9 Å². The van der Waals surface area contributed by atoms with Crippen LogP contribution >= 0.6 is 11.3 Å². The summed E-state index contributed by atoms with van der Waals surface area (Å²) in [6.45, 7) is 4.72. The predicted molar refractivity (Wildman–Crippen MR) is 116 cm³/mol. The second-order valence-corrected chi connectivity index (χ2v) is 8.01. The van der Waals surface area contributed by atoms with Crippen LogP contribution in [0.1, 0.15) is 45.2 Å². The van der Waals surface area contributed by atoms with E-state index in [1.165, 1.54) is 11.3 Å². The van der Waals surface area contributed by atoms with Gasteiger partial charge in [0.15, 0.2) is 5.76 Å². The molecule has 3 heterocycles. The summed E-state index contributed by atoms with van der Waals surface area (Å²) in [6.07, 6.45) is 0.0753. The SMILES string of the molecule is CCOC(=O)c1c(NC(=O)c2cc3ccccc3o2)sc2c1CCN(C(=O)OCC)C2. The Hall–Kier alpha value is -3.33. The summed E-state index contributed by atoms with van der Waals surface area (Å²) < 4.78 is 16.0. The molecule has 0 saturated carbocycles. The fourth-order valence-electron chi connectivity index (χ4n) is 3.54. The van der Waals surface area contributed by atoms with Crippen molar-refractivity contribution in [2.75, 3.05) is 25.1 Å². The molecule has 1 aliphatic heterocycles. The molecule has 0 spiro atoms. The van der Waals surface area contributed by atoms with Crippen molar-refractivity contribution in [1.82, 2.24) is 4.90 Å². The fourth-order valence-corrected chi connectivity index (χ4v) is 4.79. The van der Waals surface area contributed by atoms with Gasteiger partial charge in [0, 0.05) is 16.8 Å². The lowest BCUT2D eigenvalue weighted by molar-refractivity contribution is 0.0526. The highest BCUT2D eigenvalue weighted by atomic mass is 32.1. The molecular weight excluding hydrogens is 420 g/mol. The van der Waals surface area contributed by atoms with Crippen LogP contribution < -0.4 is 5.32 Å². The van der Waals surface area contributed by atoms with Crippen LogP contribution in [0.5, 0.6) is 0 Å². The largest absolute Gasteiger partial charge is 0.462 e. The zero-order chi connectivity index (χ0) is 22.0. The molecule has 1 aromatic carbocycles. The van der Waals surface area contributed by atoms with Crippen molar-refractivity contribution in [3.05, 3.63) is 52.1 Å². The molecule has 1 aliphatic rings. The van der Waals surface area contributed by atoms with E-state index >= 15 is 0 Å². The predicted octanol–water partition coefficient (Wildman–Crippen LogP) is 4.44. The van der Waals surface area contributed by atoms with Crippen LogP contribution in [0.15, 0.2) is 34.7 Å². The minimum atomic E-state index is -0.496. The van der Waals surface area contributed by atoms with Gasteiger partial charge in [-0.15, -0.1) is 11.3 Å². The molecule has 0 aliphatic carbocycles. The van der Waals surface area contributed by atoms with Gasteiger partial charge in [-0.25, -0.2) is 9.59 Å². The summed E-state index contributed by atoms with van der Waals surface area (Å²) in [5.74, 6) is -0.803. The highest BCUT2D eigenvalue weighted by Gasteiger charge is 2.32. The quantitative estimate of drug-likeness (QED) is 0.587. The number of thiophene rings is 1. The average molecular weight is 442 g/mol. The topological polar surface area (TPSA) is 98.1 Å². The molecule has 31 heavy (non-hydrogen) atoms. The number of amides is 2. The number of para-hydroxylation sites is 1. The van der Waals surface area contributed by atoms with Crippen molar-refractivity contribution in [2.45, 2.75) is 26.8 Å². The molecule has 0 saturated heterocycles. The molecule has 162 valence electrons. The van der Waals surface area contributed by atoms with Crippen LogP contribution in [-0.4, -0.2) is 42.6 Å². The van der Waals surface area contributed by atoms with Gasteiger partial charge in [0.25, 0.3) is 5.91 Å². The number of anilines is 1. The first kappa shape index (κ1) is 20.9. The maximum atomic E-state index is 12.9. The molecule has 2 aromatic heterocycles. The summed E-state index contributed by atoms with van der Waals surface area (Å²) >= 11 is 1.26. The second kappa shape index (κ2) is 8.81. The first-order valence-electron chi connectivity index (χ1n) is 10.0. The monoisotopic (exact) mass is 442 g/mol. The van der Waals surface area contributed by atoms with Gasteiger partial charge in [-0.1, -0.05) is 18.2 Å². The number of nitrogens with one attached hydrogen (secondary N) is 1. The maximum absolute atomic E-state index is 12.9. The molecule has 0 bridgehead atoms. The van der Waals surface area contributed by atoms with Gasteiger partial charge in [-0.05, 0) is 38.0 Å². The van der Waals surface area contributed by atoms with Crippen LogP contribution in [-0.2, 0) is 22.4 Å². The highest BCUT2D eigenvalue weighted by Crippen LogP contribution is 2.38. The molecule has 9 heteroatoms. The normalized spacial score (nSPS) is 13.0. The summed E-state index contributed by atoms with van der Waals surface area (Å²) in [5, 5.41) is 4.01. The van der Waals surface area contributed by atoms with Gasteiger partial charge in [-0.3, -0.25) is 4.79 Å². The first-order valence-corrected chi connectivity index (χ1v) is 10.9. The second-order valence-electron chi connectivity index (χ2n) is 6.90. The number of carbonyl (C=O) groups is 3.